The van der Waals surface area contributed by atoms with E-state index in [0.29, 0.717) is 24.0 Å². The minimum atomic E-state index is -0.575. The summed E-state index contributed by atoms with van der Waals surface area (Å²) in [5.74, 6) is 0.0370. The van der Waals surface area contributed by atoms with Gasteiger partial charge in [-0.2, -0.15) is 0 Å². The number of carbonyl (C=O) groups is 2. The molecule has 8 nitrogen and oxygen atoms in total. The van der Waals surface area contributed by atoms with E-state index in [4.69, 9.17) is 4.74 Å². The molecule has 4 fully saturated rings. The summed E-state index contributed by atoms with van der Waals surface area (Å²) < 4.78 is 18.5. The molecule has 2 atom stereocenters. The van der Waals surface area contributed by atoms with Crippen LogP contribution in [-0.4, -0.2) is 38.0 Å². The Labute approximate surface area is 179 Å². The Bertz CT molecular complexity index is 1010. The van der Waals surface area contributed by atoms with Gasteiger partial charge in [0.2, 0.25) is 0 Å². The van der Waals surface area contributed by atoms with Crippen LogP contribution >= 0.6 is 0 Å². The highest BCUT2D eigenvalue weighted by Crippen LogP contribution is 2.57. The van der Waals surface area contributed by atoms with Gasteiger partial charge in [0.05, 0.1) is 6.20 Å². The van der Waals surface area contributed by atoms with Gasteiger partial charge in [0.1, 0.15) is 11.5 Å². The van der Waals surface area contributed by atoms with Gasteiger partial charge in [-0.3, -0.25) is 4.79 Å². The van der Waals surface area contributed by atoms with E-state index >= 15 is 0 Å². The van der Waals surface area contributed by atoms with E-state index in [1.54, 1.807) is 19.2 Å². The van der Waals surface area contributed by atoms with Gasteiger partial charge in [0.25, 0.3) is 5.91 Å². The van der Waals surface area contributed by atoms with Crippen molar-refractivity contribution in [2.45, 2.75) is 56.5 Å². The number of ether oxygens (including phenoxy) is 1. The Morgan fingerprint density at radius 2 is 1.77 bits per heavy atom. The second kappa shape index (κ2) is 7.25. The van der Waals surface area contributed by atoms with E-state index in [9.17, 15) is 14.0 Å². The quantitative estimate of drug-likeness (QED) is 0.780. The van der Waals surface area contributed by atoms with Crippen molar-refractivity contribution in [3.8, 4) is 6.01 Å². The predicted molar refractivity (Wildman–Crippen MR) is 108 cm³/mol. The normalized spacial score (nSPS) is 30.6. The van der Waals surface area contributed by atoms with Crippen LogP contribution < -0.4 is 15.4 Å². The minimum Gasteiger partial charge on any atom is -0.374 e. The lowest BCUT2D eigenvalue weighted by Gasteiger charge is -2.61. The summed E-state index contributed by atoms with van der Waals surface area (Å²) in [6, 6.07) is 4.37. The predicted octanol–water partition coefficient (Wildman–Crippen LogP) is 2.93. The first-order chi connectivity index (χ1) is 14.8. The van der Waals surface area contributed by atoms with E-state index in [-0.39, 0.29) is 17.6 Å². The number of aryl methyl sites for hydroxylation is 1. The van der Waals surface area contributed by atoms with Crippen molar-refractivity contribution < 1.29 is 18.7 Å². The number of carbonyl (C=O) groups excluding carboxylic acids is 2. The van der Waals surface area contributed by atoms with Gasteiger partial charge in [-0.1, -0.05) is 0 Å². The molecule has 2 amide bonds. The Morgan fingerprint density at radius 3 is 2.42 bits per heavy atom. The standard InChI is InChI=1S/C22H24FN5O3/c1-13-4-5-24-19(26-13)31-20(30)28-22-9-14-6-15(10-22)8-21(7-14,12-22)27-18(29)17-3-2-16(23)11-25-17/h2-5,11,14-15H,6-10,12H2,1H3,(H,27,29)(H,28,30). The number of nitrogens with zero attached hydrogens (tertiary/aromatic N) is 3. The third-order valence-electron chi connectivity index (χ3n) is 6.72. The molecule has 4 saturated carbocycles. The SMILES string of the molecule is Cc1ccnc(OC(=O)NC23CC4CC(C2)CC(NC(=O)c2ccc(F)cn2)(C4)C3)n1. The van der Waals surface area contributed by atoms with Gasteiger partial charge in [-0.25, -0.2) is 24.1 Å². The summed E-state index contributed by atoms with van der Waals surface area (Å²) >= 11 is 0. The fraction of sp³-hybridized carbons (Fsp3) is 0.500. The maximum atomic E-state index is 13.2. The van der Waals surface area contributed by atoms with Gasteiger partial charge in [0, 0.05) is 23.0 Å². The summed E-state index contributed by atoms with van der Waals surface area (Å²) in [7, 11) is 0. The van der Waals surface area contributed by atoms with Crippen molar-refractivity contribution in [1.29, 1.82) is 0 Å². The lowest BCUT2D eigenvalue weighted by Crippen LogP contribution is -2.70. The van der Waals surface area contributed by atoms with Crippen LogP contribution in [0.2, 0.25) is 0 Å². The zero-order chi connectivity index (χ0) is 21.6. The number of halogens is 1. The van der Waals surface area contributed by atoms with Crippen LogP contribution in [0.1, 0.15) is 54.7 Å². The molecule has 0 saturated heterocycles. The molecule has 2 N–H and O–H groups in total. The molecule has 4 aliphatic carbocycles. The van der Waals surface area contributed by atoms with Crippen molar-refractivity contribution in [1.82, 2.24) is 25.6 Å². The van der Waals surface area contributed by atoms with E-state index in [0.717, 1.165) is 38.3 Å². The molecule has 2 heterocycles. The maximum Gasteiger partial charge on any atom is 0.415 e. The number of aromatic nitrogens is 3. The van der Waals surface area contributed by atoms with Crippen LogP contribution in [-0.2, 0) is 0 Å². The lowest BCUT2D eigenvalue weighted by molar-refractivity contribution is -0.0450. The highest BCUT2D eigenvalue weighted by atomic mass is 19.1. The van der Waals surface area contributed by atoms with Crippen molar-refractivity contribution in [3.05, 3.63) is 47.8 Å². The van der Waals surface area contributed by atoms with Crippen LogP contribution in [0.15, 0.2) is 30.6 Å². The summed E-state index contributed by atoms with van der Waals surface area (Å²) in [5, 5.41) is 6.25. The van der Waals surface area contributed by atoms with Crippen molar-refractivity contribution in [2.24, 2.45) is 11.8 Å². The van der Waals surface area contributed by atoms with Crippen LogP contribution in [0, 0.1) is 24.6 Å². The van der Waals surface area contributed by atoms with Gasteiger partial charge < -0.3 is 15.4 Å². The largest absolute Gasteiger partial charge is 0.415 e. The zero-order valence-electron chi connectivity index (χ0n) is 17.2. The second-order valence-corrected chi connectivity index (χ2v) is 9.33. The van der Waals surface area contributed by atoms with E-state index in [1.807, 2.05) is 0 Å². The molecule has 4 aliphatic rings. The molecule has 4 bridgehead atoms. The maximum absolute atomic E-state index is 13.2. The van der Waals surface area contributed by atoms with E-state index in [2.05, 4.69) is 25.6 Å². The summed E-state index contributed by atoms with van der Waals surface area (Å²) in [4.78, 5) is 37.5. The molecule has 2 unspecified atom stereocenters. The zero-order valence-corrected chi connectivity index (χ0v) is 17.2. The molecule has 2 aromatic rings. The Balaban J connectivity index is 1.32. The van der Waals surface area contributed by atoms with E-state index < -0.39 is 23.0 Å². The summed E-state index contributed by atoms with van der Waals surface area (Å²) in [5.41, 5.74) is 0.0533. The molecule has 31 heavy (non-hydrogen) atoms. The van der Waals surface area contributed by atoms with Crippen molar-refractivity contribution in [3.63, 3.8) is 0 Å². The number of rotatable bonds is 4. The molecule has 0 spiro atoms. The molecular formula is C22H24FN5O3. The number of amides is 2. The monoisotopic (exact) mass is 425 g/mol. The first kappa shape index (κ1) is 19.8. The minimum absolute atomic E-state index is 0.0210. The fourth-order valence-electron chi connectivity index (χ4n) is 6.17. The van der Waals surface area contributed by atoms with Crippen molar-refractivity contribution in [2.75, 3.05) is 0 Å². The molecule has 0 aromatic carbocycles. The molecule has 9 heteroatoms. The topological polar surface area (TPSA) is 106 Å². The average molecular weight is 425 g/mol. The second-order valence-electron chi connectivity index (χ2n) is 9.33. The van der Waals surface area contributed by atoms with Crippen molar-refractivity contribution >= 4 is 12.0 Å². The number of nitrogens with one attached hydrogen (secondary N) is 2. The first-order valence-corrected chi connectivity index (χ1v) is 10.6. The average Bonchev–Trinajstić information content (AvgIpc) is 2.66. The van der Waals surface area contributed by atoms with Gasteiger partial charge in [-0.15, -0.1) is 0 Å². The number of hydrogen-bond acceptors (Lipinski definition) is 6. The van der Waals surface area contributed by atoms with Crippen LogP contribution in [0.4, 0.5) is 9.18 Å². The third kappa shape index (κ3) is 3.96. The number of pyridine rings is 1. The molecule has 162 valence electrons. The van der Waals surface area contributed by atoms with Gasteiger partial charge in [-0.05, 0) is 75.5 Å². The van der Waals surface area contributed by atoms with Gasteiger partial charge >= 0.3 is 12.1 Å². The Hall–Kier alpha value is -3.10. The van der Waals surface area contributed by atoms with Crippen LogP contribution in [0.3, 0.4) is 0 Å². The third-order valence-corrected chi connectivity index (χ3v) is 6.72. The number of hydrogen-bond donors (Lipinski definition) is 2. The first-order valence-electron chi connectivity index (χ1n) is 10.6. The van der Waals surface area contributed by atoms with Crippen LogP contribution in [0.5, 0.6) is 6.01 Å². The van der Waals surface area contributed by atoms with Crippen LogP contribution in [0.25, 0.3) is 0 Å². The van der Waals surface area contributed by atoms with Gasteiger partial charge in [0.15, 0.2) is 0 Å². The molecule has 6 rings (SSSR count). The molecule has 0 radical (unpaired) electrons. The summed E-state index contributed by atoms with van der Waals surface area (Å²) in [6.07, 6.45) is 7.21. The Kier molecular flexibility index (Phi) is 4.64. The highest BCUT2D eigenvalue weighted by molar-refractivity contribution is 5.92. The molecule has 2 aromatic heterocycles. The lowest BCUT2D eigenvalue weighted by atomic mass is 9.50. The highest BCUT2D eigenvalue weighted by Gasteiger charge is 2.59. The summed E-state index contributed by atoms with van der Waals surface area (Å²) in [6.45, 7) is 1.80. The fourth-order valence-corrected chi connectivity index (χ4v) is 6.17. The smallest absolute Gasteiger partial charge is 0.374 e. The molecular weight excluding hydrogens is 401 g/mol. The molecule has 0 aliphatic heterocycles. The Morgan fingerprint density at radius 1 is 1.06 bits per heavy atom. The van der Waals surface area contributed by atoms with E-state index in [1.165, 1.54) is 12.1 Å².